The Bertz CT molecular complexity index is 834. The molecule has 1 aliphatic heterocycles. The standard InChI is InChI=1S/C19H18N4O/c24-19(23-12-1-2-13-23)16-4-3-10-20-18(16)15-7-5-14(6-8-15)17-9-11-21-22-17/h3-11H,1-2,12-13H2,(H,21,22). The first-order valence-corrected chi connectivity index (χ1v) is 8.17. The average Bonchev–Trinajstić information content (AvgIpc) is 3.35. The first-order valence-electron chi connectivity index (χ1n) is 8.17. The first-order chi connectivity index (χ1) is 11.8. The maximum absolute atomic E-state index is 12.8. The lowest BCUT2D eigenvalue weighted by atomic mass is 10.0. The second kappa shape index (κ2) is 6.28. The summed E-state index contributed by atoms with van der Waals surface area (Å²) >= 11 is 0. The van der Waals surface area contributed by atoms with Crippen molar-refractivity contribution in [3.05, 3.63) is 60.4 Å². The number of nitrogens with zero attached hydrogens (tertiary/aromatic N) is 3. The highest BCUT2D eigenvalue weighted by Gasteiger charge is 2.22. The van der Waals surface area contributed by atoms with E-state index in [0.29, 0.717) is 5.56 Å². The van der Waals surface area contributed by atoms with Crippen molar-refractivity contribution in [3.63, 3.8) is 0 Å². The molecule has 24 heavy (non-hydrogen) atoms. The quantitative estimate of drug-likeness (QED) is 0.805. The highest BCUT2D eigenvalue weighted by molar-refractivity contribution is 6.00. The third kappa shape index (κ3) is 2.69. The van der Waals surface area contributed by atoms with Gasteiger partial charge in [0.2, 0.25) is 0 Å². The molecule has 1 amide bonds. The van der Waals surface area contributed by atoms with E-state index in [1.54, 1.807) is 12.4 Å². The molecule has 1 aromatic carbocycles. The summed E-state index contributed by atoms with van der Waals surface area (Å²) in [6.45, 7) is 1.68. The number of amides is 1. The van der Waals surface area contributed by atoms with Crippen LogP contribution in [0.25, 0.3) is 22.5 Å². The second-order valence-electron chi connectivity index (χ2n) is 5.95. The van der Waals surface area contributed by atoms with Crippen molar-refractivity contribution in [2.45, 2.75) is 12.8 Å². The Morgan fingerprint density at radius 1 is 0.958 bits per heavy atom. The number of aromatic nitrogens is 3. The van der Waals surface area contributed by atoms with Gasteiger partial charge in [0.05, 0.1) is 17.0 Å². The zero-order valence-electron chi connectivity index (χ0n) is 13.3. The summed E-state index contributed by atoms with van der Waals surface area (Å²) in [5.41, 5.74) is 4.39. The summed E-state index contributed by atoms with van der Waals surface area (Å²) < 4.78 is 0. The highest BCUT2D eigenvalue weighted by atomic mass is 16.2. The number of H-pyrrole nitrogens is 1. The van der Waals surface area contributed by atoms with Crippen LogP contribution in [0.3, 0.4) is 0 Å². The largest absolute Gasteiger partial charge is 0.339 e. The molecule has 0 radical (unpaired) electrons. The van der Waals surface area contributed by atoms with Crippen LogP contribution in [0.2, 0.25) is 0 Å². The molecule has 5 nitrogen and oxygen atoms in total. The highest BCUT2D eigenvalue weighted by Crippen LogP contribution is 2.26. The molecule has 5 heteroatoms. The Hall–Kier alpha value is -2.95. The fourth-order valence-electron chi connectivity index (χ4n) is 3.12. The third-order valence-electron chi connectivity index (χ3n) is 4.40. The summed E-state index contributed by atoms with van der Waals surface area (Å²) in [5, 5.41) is 6.93. The molecule has 0 spiro atoms. The smallest absolute Gasteiger partial charge is 0.256 e. The maximum atomic E-state index is 12.8. The fraction of sp³-hybridized carbons (Fsp3) is 0.211. The molecule has 4 rings (SSSR count). The maximum Gasteiger partial charge on any atom is 0.256 e. The zero-order valence-corrected chi connectivity index (χ0v) is 13.3. The van der Waals surface area contributed by atoms with Gasteiger partial charge >= 0.3 is 0 Å². The van der Waals surface area contributed by atoms with Crippen LogP contribution in [0.15, 0.2) is 54.9 Å². The Morgan fingerprint density at radius 2 is 1.71 bits per heavy atom. The summed E-state index contributed by atoms with van der Waals surface area (Å²) in [6, 6.07) is 13.7. The Kier molecular flexibility index (Phi) is 3.83. The van der Waals surface area contributed by atoms with Gasteiger partial charge in [-0.05, 0) is 36.6 Å². The number of aromatic amines is 1. The molecule has 0 saturated carbocycles. The topological polar surface area (TPSA) is 61.9 Å². The number of nitrogens with one attached hydrogen (secondary N) is 1. The molecular weight excluding hydrogens is 300 g/mol. The summed E-state index contributed by atoms with van der Waals surface area (Å²) in [6.07, 6.45) is 5.63. The number of carbonyl (C=O) groups excluding carboxylic acids is 1. The molecule has 0 unspecified atom stereocenters. The van der Waals surface area contributed by atoms with Gasteiger partial charge in [0.1, 0.15) is 0 Å². The molecule has 0 aliphatic carbocycles. The number of pyridine rings is 1. The van der Waals surface area contributed by atoms with Crippen molar-refractivity contribution < 1.29 is 4.79 Å². The van der Waals surface area contributed by atoms with E-state index in [0.717, 1.165) is 48.4 Å². The Balaban J connectivity index is 1.68. The van der Waals surface area contributed by atoms with Gasteiger partial charge in [-0.2, -0.15) is 5.10 Å². The molecule has 1 N–H and O–H groups in total. The van der Waals surface area contributed by atoms with E-state index in [9.17, 15) is 4.79 Å². The number of likely N-dealkylation sites (tertiary alicyclic amines) is 1. The van der Waals surface area contributed by atoms with E-state index >= 15 is 0 Å². The molecule has 2 aromatic heterocycles. The van der Waals surface area contributed by atoms with E-state index < -0.39 is 0 Å². The minimum atomic E-state index is 0.0771. The number of rotatable bonds is 3. The van der Waals surface area contributed by atoms with Gasteiger partial charge in [-0.15, -0.1) is 0 Å². The molecule has 0 bridgehead atoms. The Morgan fingerprint density at radius 3 is 2.42 bits per heavy atom. The number of carbonyl (C=O) groups is 1. The zero-order chi connectivity index (χ0) is 16.4. The fourth-order valence-corrected chi connectivity index (χ4v) is 3.12. The number of hydrogen-bond acceptors (Lipinski definition) is 3. The van der Waals surface area contributed by atoms with Gasteiger partial charge < -0.3 is 4.90 Å². The molecule has 3 aromatic rings. The van der Waals surface area contributed by atoms with E-state index in [2.05, 4.69) is 15.2 Å². The Labute approximate surface area is 140 Å². The van der Waals surface area contributed by atoms with Gasteiger partial charge in [0.25, 0.3) is 5.91 Å². The van der Waals surface area contributed by atoms with E-state index in [1.165, 1.54) is 0 Å². The van der Waals surface area contributed by atoms with Crippen LogP contribution in [0.5, 0.6) is 0 Å². The van der Waals surface area contributed by atoms with Crippen molar-refractivity contribution >= 4 is 5.91 Å². The lowest BCUT2D eigenvalue weighted by Gasteiger charge is -2.17. The normalized spacial score (nSPS) is 14.1. The average molecular weight is 318 g/mol. The molecule has 1 aliphatic rings. The van der Waals surface area contributed by atoms with Crippen LogP contribution in [0.4, 0.5) is 0 Å². The first kappa shape index (κ1) is 14.6. The minimum absolute atomic E-state index is 0.0771. The predicted octanol–water partition coefficient (Wildman–Crippen LogP) is 3.37. The van der Waals surface area contributed by atoms with Crippen molar-refractivity contribution in [3.8, 4) is 22.5 Å². The molecular formula is C19H18N4O. The van der Waals surface area contributed by atoms with E-state index in [4.69, 9.17) is 0 Å². The van der Waals surface area contributed by atoms with Crippen molar-refractivity contribution in [1.29, 1.82) is 0 Å². The number of benzene rings is 1. The predicted molar refractivity (Wildman–Crippen MR) is 92.4 cm³/mol. The molecule has 1 fully saturated rings. The SMILES string of the molecule is O=C(c1cccnc1-c1ccc(-c2ccn[nH]2)cc1)N1CCCC1. The van der Waals surface area contributed by atoms with Crippen molar-refractivity contribution in [2.75, 3.05) is 13.1 Å². The van der Waals surface area contributed by atoms with Crippen LogP contribution < -0.4 is 0 Å². The molecule has 3 heterocycles. The van der Waals surface area contributed by atoms with Gasteiger partial charge in [0, 0.05) is 31.0 Å². The van der Waals surface area contributed by atoms with Gasteiger partial charge in [-0.3, -0.25) is 14.9 Å². The molecule has 120 valence electrons. The van der Waals surface area contributed by atoms with Crippen LogP contribution in [0, 0.1) is 0 Å². The van der Waals surface area contributed by atoms with Crippen LogP contribution in [-0.2, 0) is 0 Å². The van der Waals surface area contributed by atoms with Crippen LogP contribution in [-0.4, -0.2) is 39.1 Å². The lowest BCUT2D eigenvalue weighted by molar-refractivity contribution is 0.0793. The number of hydrogen-bond donors (Lipinski definition) is 1. The van der Waals surface area contributed by atoms with Gasteiger partial charge in [-0.25, -0.2) is 0 Å². The van der Waals surface area contributed by atoms with E-state index in [-0.39, 0.29) is 5.91 Å². The monoisotopic (exact) mass is 318 g/mol. The molecule has 0 atom stereocenters. The van der Waals surface area contributed by atoms with E-state index in [1.807, 2.05) is 47.4 Å². The van der Waals surface area contributed by atoms with Gasteiger partial charge in [0.15, 0.2) is 0 Å². The van der Waals surface area contributed by atoms with Crippen LogP contribution in [0.1, 0.15) is 23.2 Å². The third-order valence-corrected chi connectivity index (χ3v) is 4.40. The van der Waals surface area contributed by atoms with Crippen molar-refractivity contribution in [1.82, 2.24) is 20.1 Å². The van der Waals surface area contributed by atoms with Gasteiger partial charge in [-0.1, -0.05) is 24.3 Å². The second-order valence-corrected chi connectivity index (χ2v) is 5.95. The van der Waals surface area contributed by atoms with Crippen molar-refractivity contribution in [2.24, 2.45) is 0 Å². The van der Waals surface area contributed by atoms with Crippen LogP contribution >= 0.6 is 0 Å². The summed E-state index contributed by atoms with van der Waals surface area (Å²) in [4.78, 5) is 19.1. The summed E-state index contributed by atoms with van der Waals surface area (Å²) in [7, 11) is 0. The lowest BCUT2D eigenvalue weighted by Crippen LogP contribution is -2.28. The summed E-state index contributed by atoms with van der Waals surface area (Å²) in [5.74, 6) is 0.0771. The molecule has 1 saturated heterocycles. The minimum Gasteiger partial charge on any atom is -0.339 e.